The molecule has 5 heteroatoms. The van der Waals surface area contributed by atoms with E-state index in [1.54, 1.807) is 13.2 Å². The van der Waals surface area contributed by atoms with E-state index < -0.39 is 0 Å². The fourth-order valence-corrected chi connectivity index (χ4v) is 1.72. The van der Waals surface area contributed by atoms with Crippen molar-refractivity contribution in [2.75, 3.05) is 13.7 Å². The predicted molar refractivity (Wildman–Crippen MR) is 77.2 cm³/mol. The lowest BCUT2D eigenvalue weighted by Crippen LogP contribution is -2.13. The third kappa shape index (κ3) is 3.68. The number of ether oxygens (including phenoxy) is 2. The van der Waals surface area contributed by atoms with E-state index in [1.807, 2.05) is 31.2 Å². The Kier molecular flexibility index (Phi) is 4.90. The van der Waals surface area contributed by atoms with Crippen LogP contribution in [-0.2, 0) is 6.54 Å². The molecule has 0 saturated heterocycles. The Balaban J connectivity index is 2.10. The van der Waals surface area contributed by atoms with E-state index in [-0.39, 0.29) is 0 Å². The SMILES string of the molecule is CCNCc1ccc(Oc2ccc(C)cc2OC)nn1. The van der Waals surface area contributed by atoms with Crippen molar-refractivity contribution in [3.8, 4) is 17.4 Å². The number of benzene rings is 1. The van der Waals surface area contributed by atoms with Crippen LogP contribution in [0.1, 0.15) is 18.2 Å². The van der Waals surface area contributed by atoms with Crippen LogP contribution < -0.4 is 14.8 Å². The summed E-state index contributed by atoms with van der Waals surface area (Å²) in [4.78, 5) is 0. The van der Waals surface area contributed by atoms with Crippen molar-refractivity contribution in [1.29, 1.82) is 0 Å². The fourth-order valence-electron chi connectivity index (χ4n) is 1.72. The zero-order valence-electron chi connectivity index (χ0n) is 12.0. The normalized spacial score (nSPS) is 10.3. The zero-order chi connectivity index (χ0) is 14.4. The highest BCUT2D eigenvalue weighted by Crippen LogP contribution is 2.31. The first-order chi connectivity index (χ1) is 9.72. The number of rotatable bonds is 6. The van der Waals surface area contributed by atoms with E-state index in [0.29, 0.717) is 23.9 Å². The summed E-state index contributed by atoms with van der Waals surface area (Å²) in [6.07, 6.45) is 0. The molecule has 0 aliphatic rings. The largest absolute Gasteiger partial charge is 0.493 e. The molecule has 0 bridgehead atoms. The summed E-state index contributed by atoms with van der Waals surface area (Å²) < 4.78 is 11.0. The molecule has 0 unspecified atom stereocenters. The van der Waals surface area contributed by atoms with Gasteiger partial charge in [-0.2, -0.15) is 5.10 Å². The van der Waals surface area contributed by atoms with Crippen LogP contribution in [0.3, 0.4) is 0 Å². The van der Waals surface area contributed by atoms with Crippen molar-refractivity contribution in [3.05, 3.63) is 41.6 Å². The molecule has 0 amide bonds. The van der Waals surface area contributed by atoms with Crippen LogP contribution in [0.4, 0.5) is 0 Å². The van der Waals surface area contributed by atoms with Gasteiger partial charge in [0.05, 0.1) is 12.8 Å². The van der Waals surface area contributed by atoms with Crippen molar-refractivity contribution < 1.29 is 9.47 Å². The minimum Gasteiger partial charge on any atom is -0.493 e. The topological polar surface area (TPSA) is 56.3 Å². The van der Waals surface area contributed by atoms with Crippen molar-refractivity contribution in [2.24, 2.45) is 0 Å². The first-order valence-electron chi connectivity index (χ1n) is 6.58. The maximum atomic E-state index is 5.70. The van der Waals surface area contributed by atoms with Gasteiger partial charge in [-0.3, -0.25) is 0 Å². The highest BCUT2D eigenvalue weighted by Gasteiger charge is 2.07. The van der Waals surface area contributed by atoms with Crippen LogP contribution in [0, 0.1) is 6.92 Å². The molecule has 0 radical (unpaired) electrons. The molecular weight excluding hydrogens is 254 g/mol. The average Bonchev–Trinajstić information content (AvgIpc) is 2.48. The Morgan fingerprint density at radius 3 is 2.60 bits per heavy atom. The number of nitrogens with one attached hydrogen (secondary N) is 1. The monoisotopic (exact) mass is 273 g/mol. The Labute approximate surface area is 118 Å². The Morgan fingerprint density at radius 2 is 1.95 bits per heavy atom. The summed E-state index contributed by atoms with van der Waals surface area (Å²) in [5, 5.41) is 11.4. The van der Waals surface area contributed by atoms with Gasteiger partial charge in [-0.1, -0.05) is 13.0 Å². The molecule has 1 N–H and O–H groups in total. The van der Waals surface area contributed by atoms with Crippen LogP contribution in [0.25, 0.3) is 0 Å². The molecule has 20 heavy (non-hydrogen) atoms. The van der Waals surface area contributed by atoms with Gasteiger partial charge in [0.15, 0.2) is 11.5 Å². The standard InChI is InChI=1S/C15H19N3O2/c1-4-16-10-12-6-8-15(18-17-12)20-13-7-5-11(2)9-14(13)19-3/h5-9,16H,4,10H2,1-3H3. The second-order valence-electron chi connectivity index (χ2n) is 4.40. The van der Waals surface area contributed by atoms with Gasteiger partial charge >= 0.3 is 0 Å². The van der Waals surface area contributed by atoms with Crippen molar-refractivity contribution in [1.82, 2.24) is 15.5 Å². The molecule has 0 fully saturated rings. The average molecular weight is 273 g/mol. The maximum absolute atomic E-state index is 5.70. The molecule has 1 aromatic heterocycles. The molecule has 0 aliphatic heterocycles. The molecule has 0 spiro atoms. The van der Waals surface area contributed by atoms with Crippen LogP contribution in [0.15, 0.2) is 30.3 Å². The molecule has 0 aliphatic carbocycles. The Morgan fingerprint density at radius 1 is 1.10 bits per heavy atom. The van der Waals surface area contributed by atoms with Gasteiger partial charge in [0.25, 0.3) is 0 Å². The van der Waals surface area contributed by atoms with Crippen LogP contribution >= 0.6 is 0 Å². The minimum atomic E-state index is 0.451. The molecule has 2 aromatic rings. The molecule has 1 aromatic carbocycles. The van der Waals surface area contributed by atoms with Crippen molar-refractivity contribution in [2.45, 2.75) is 20.4 Å². The van der Waals surface area contributed by atoms with Crippen LogP contribution in [0.2, 0.25) is 0 Å². The van der Waals surface area contributed by atoms with E-state index in [4.69, 9.17) is 9.47 Å². The first kappa shape index (κ1) is 14.3. The van der Waals surface area contributed by atoms with E-state index >= 15 is 0 Å². The molecule has 1 heterocycles. The third-order valence-corrected chi connectivity index (χ3v) is 2.79. The van der Waals surface area contributed by atoms with Gasteiger partial charge in [0.1, 0.15) is 0 Å². The van der Waals surface area contributed by atoms with Crippen molar-refractivity contribution >= 4 is 0 Å². The second-order valence-corrected chi connectivity index (χ2v) is 4.40. The minimum absolute atomic E-state index is 0.451. The molecule has 2 rings (SSSR count). The molecular formula is C15H19N3O2. The van der Waals surface area contributed by atoms with E-state index in [2.05, 4.69) is 22.4 Å². The van der Waals surface area contributed by atoms with Gasteiger partial charge in [0, 0.05) is 12.6 Å². The van der Waals surface area contributed by atoms with Crippen LogP contribution in [0.5, 0.6) is 17.4 Å². The van der Waals surface area contributed by atoms with Crippen molar-refractivity contribution in [3.63, 3.8) is 0 Å². The third-order valence-electron chi connectivity index (χ3n) is 2.79. The summed E-state index contributed by atoms with van der Waals surface area (Å²) in [5.41, 5.74) is 2.00. The molecule has 0 atom stereocenters. The number of nitrogens with zero attached hydrogens (tertiary/aromatic N) is 2. The Hall–Kier alpha value is -2.14. The number of aryl methyl sites for hydroxylation is 1. The van der Waals surface area contributed by atoms with E-state index in [1.165, 1.54) is 0 Å². The van der Waals surface area contributed by atoms with Crippen LogP contribution in [-0.4, -0.2) is 23.9 Å². The number of methoxy groups -OCH3 is 1. The van der Waals surface area contributed by atoms with Gasteiger partial charge < -0.3 is 14.8 Å². The van der Waals surface area contributed by atoms with Gasteiger partial charge in [0.2, 0.25) is 5.88 Å². The summed E-state index contributed by atoms with van der Waals surface area (Å²) in [6, 6.07) is 9.44. The number of aromatic nitrogens is 2. The quantitative estimate of drug-likeness (QED) is 0.877. The molecule has 5 nitrogen and oxygen atoms in total. The lowest BCUT2D eigenvalue weighted by molar-refractivity contribution is 0.371. The summed E-state index contributed by atoms with van der Waals surface area (Å²) in [7, 11) is 1.62. The maximum Gasteiger partial charge on any atom is 0.239 e. The Bertz CT molecular complexity index is 556. The van der Waals surface area contributed by atoms with Gasteiger partial charge in [-0.15, -0.1) is 5.10 Å². The lowest BCUT2D eigenvalue weighted by Gasteiger charge is -2.10. The smallest absolute Gasteiger partial charge is 0.239 e. The van der Waals surface area contributed by atoms with E-state index in [9.17, 15) is 0 Å². The highest BCUT2D eigenvalue weighted by molar-refractivity contribution is 5.44. The fraction of sp³-hybridized carbons (Fsp3) is 0.333. The molecule has 0 saturated carbocycles. The first-order valence-corrected chi connectivity index (χ1v) is 6.58. The van der Waals surface area contributed by atoms with E-state index in [0.717, 1.165) is 17.8 Å². The molecule has 106 valence electrons. The number of hydrogen-bond acceptors (Lipinski definition) is 5. The van der Waals surface area contributed by atoms with Gasteiger partial charge in [-0.05, 0) is 37.2 Å². The zero-order valence-corrected chi connectivity index (χ0v) is 12.0. The summed E-state index contributed by atoms with van der Waals surface area (Å²) in [5.74, 6) is 1.77. The summed E-state index contributed by atoms with van der Waals surface area (Å²) in [6.45, 7) is 5.66. The predicted octanol–water partition coefficient (Wildman–Crippen LogP) is 2.70. The summed E-state index contributed by atoms with van der Waals surface area (Å²) >= 11 is 0. The second kappa shape index (κ2) is 6.86. The van der Waals surface area contributed by atoms with Gasteiger partial charge in [-0.25, -0.2) is 0 Å². The highest BCUT2D eigenvalue weighted by atomic mass is 16.5. The number of hydrogen-bond donors (Lipinski definition) is 1. The lowest BCUT2D eigenvalue weighted by atomic mass is 10.2.